The molecular formula is C13H12F2N6O. The number of hydrogen-bond donors (Lipinski definition) is 3. The van der Waals surface area contributed by atoms with Crippen LogP contribution in [0.1, 0.15) is 12.2 Å². The molecule has 3 rings (SSSR count). The second kappa shape index (κ2) is 5.88. The van der Waals surface area contributed by atoms with Crippen molar-refractivity contribution in [3.05, 3.63) is 46.4 Å². The van der Waals surface area contributed by atoms with E-state index in [0.717, 1.165) is 12.1 Å². The van der Waals surface area contributed by atoms with Crippen LogP contribution in [0.5, 0.6) is 0 Å². The minimum atomic E-state index is -0.945. The van der Waals surface area contributed by atoms with Crippen molar-refractivity contribution in [3.8, 4) is 0 Å². The Hall–Kier alpha value is -2.84. The maximum absolute atomic E-state index is 13.3. The summed E-state index contributed by atoms with van der Waals surface area (Å²) in [6, 6.07) is 2.10. The predicted molar refractivity (Wildman–Crippen MR) is 75.5 cm³/mol. The monoisotopic (exact) mass is 306 g/mol. The van der Waals surface area contributed by atoms with Gasteiger partial charge in [0.25, 0.3) is 0 Å². The van der Waals surface area contributed by atoms with E-state index in [4.69, 9.17) is 0 Å². The average Bonchev–Trinajstić information content (AvgIpc) is 2.91. The molecule has 2 aromatic heterocycles. The zero-order valence-electron chi connectivity index (χ0n) is 11.4. The number of anilines is 1. The van der Waals surface area contributed by atoms with E-state index >= 15 is 0 Å². The normalized spacial score (nSPS) is 11.0. The van der Waals surface area contributed by atoms with Gasteiger partial charge in [-0.15, -0.1) is 0 Å². The molecule has 0 atom stereocenters. The van der Waals surface area contributed by atoms with Crippen molar-refractivity contribution >= 4 is 16.7 Å². The number of fused-ring (bicyclic) bond motifs is 1. The number of benzene rings is 1. The van der Waals surface area contributed by atoms with Gasteiger partial charge in [-0.1, -0.05) is 0 Å². The van der Waals surface area contributed by atoms with Gasteiger partial charge in [0.15, 0.2) is 11.6 Å². The summed E-state index contributed by atoms with van der Waals surface area (Å²) in [7, 11) is 0. The summed E-state index contributed by atoms with van der Waals surface area (Å²) >= 11 is 0. The van der Waals surface area contributed by atoms with Gasteiger partial charge in [-0.25, -0.2) is 28.6 Å². The Bertz CT molecular complexity index is 859. The van der Waals surface area contributed by atoms with Gasteiger partial charge in [0, 0.05) is 24.4 Å². The maximum atomic E-state index is 13.3. The van der Waals surface area contributed by atoms with E-state index in [1.165, 1.54) is 6.33 Å². The first-order chi connectivity index (χ1) is 10.6. The Morgan fingerprint density at radius 1 is 1.18 bits per heavy atom. The van der Waals surface area contributed by atoms with Crippen LogP contribution < -0.4 is 11.0 Å². The summed E-state index contributed by atoms with van der Waals surface area (Å²) in [6.45, 7) is 0.528. The van der Waals surface area contributed by atoms with Crippen LogP contribution >= 0.6 is 0 Å². The number of aryl methyl sites for hydroxylation is 1. The van der Waals surface area contributed by atoms with Gasteiger partial charge in [-0.3, -0.25) is 4.98 Å². The molecule has 0 amide bonds. The Morgan fingerprint density at radius 3 is 2.77 bits per heavy atom. The molecule has 7 nitrogen and oxygen atoms in total. The Kier molecular flexibility index (Phi) is 3.77. The summed E-state index contributed by atoms with van der Waals surface area (Å²) in [5, 5.41) is 9.53. The summed E-state index contributed by atoms with van der Waals surface area (Å²) in [5.41, 5.74) is -0.0183. The van der Waals surface area contributed by atoms with Gasteiger partial charge in [0.2, 0.25) is 0 Å². The van der Waals surface area contributed by atoms with E-state index in [9.17, 15) is 13.6 Å². The minimum absolute atomic E-state index is 0.327. The Labute approximate surface area is 122 Å². The number of nitrogens with one attached hydrogen (secondary N) is 3. The van der Waals surface area contributed by atoms with Crippen molar-refractivity contribution in [2.75, 3.05) is 11.9 Å². The van der Waals surface area contributed by atoms with Crippen LogP contribution in [0.2, 0.25) is 0 Å². The highest BCUT2D eigenvalue weighted by molar-refractivity contribution is 5.88. The van der Waals surface area contributed by atoms with E-state index in [1.807, 2.05) is 0 Å². The van der Waals surface area contributed by atoms with Gasteiger partial charge < -0.3 is 5.32 Å². The van der Waals surface area contributed by atoms with E-state index in [1.54, 1.807) is 0 Å². The van der Waals surface area contributed by atoms with Crippen LogP contribution in [-0.2, 0) is 6.42 Å². The molecule has 0 unspecified atom stereocenters. The largest absolute Gasteiger partial charge is 0.369 e. The van der Waals surface area contributed by atoms with Crippen LogP contribution in [-0.4, -0.2) is 31.7 Å². The molecule has 0 bridgehead atoms. The quantitative estimate of drug-likeness (QED) is 0.618. The summed E-state index contributed by atoms with van der Waals surface area (Å²) < 4.78 is 26.5. The van der Waals surface area contributed by atoms with E-state index in [2.05, 4.69) is 30.5 Å². The van der Waals surface area contributed by atoms with Crippen LogP contribution in [0.25, 0.3) is 10.9 Å². The highest BCUT2D eigenvalue weighted by Crippen LogP contribution is 2.22. The molecule has 9 heteroatoms. The third-order valence-corrected chi connectivity index (χ3v) is 3.11. The van der Waals surface area contributed by atoms with Crippen molar-refractivity contribution in [3.63, 3.8) is 0 Å². The molecular weight excluding hydrogens is 294 g/mol. The molecule has 0 aliphatic rings. The molecule has 3 aromatic rings. The first-order valence-electron chi connectivity index (χ1n) is 6.60. The molecule has 0 fully saturated rings. The fourth-order valence-electron chi connectivity index (χ4n) is 2.08. The number of aromatic nitrogens is 5. The van der Waals surface area contributed by atoms with E-state index in [-0.39, 0.29) is 5.69 Å². The van der Waals surface area contributed by atoms with Crippen molar-refractivity contribution < 1.29 is 8.78 Å². The number of halogens is 2. The Morgan fingerprint density at radius 2 is 2.00 bits per heavy atom. The maximum Gasteiger partial charge on any atom is 0.340 e. The fourth-order valence-corrected chi connectivity index (χ4v) is 2.08. The highest BCUT2D eigenvalue weighted by atomic mass is 19.2. The van der Waals surface area contributed by atoms with Crippen molar-refractivity contribution in [2.45, 2.75) is 12.8 Å². The van der Waals surface area contributed by atoms with Gasteiger partial charge in [0.1, 0.15) is 18.0 Å². The van der Waals surface area contributed by atoms with Gasteiger partial charge >= 0.3 is 5.69 Å². The smallest absolute Gasteiger partial charge is 0.340 e. The van der Waals surface area contributed by atoms with Crippen LogP contribution in [0.3, 0.4) is 0 Å². The zero-order chi connectivity index (χ0) is 15.5. The number of hydrogen-bond acceptors (Lipinski definition) is 5. The lowest BCUT2D eigenvalue weighted by molar-refractivity contribution is 0.510. The molecule has 0 saturated heterocycles. The van der Waals surface area contributed by atoms with E-state index in [0.29, 0.717) is 41.9 Å². The molecule has 22 heavy (non-hydrogen) atoms. The minimum Gasteiger partial charge on any atom is -0.369 e. The number of H-pyrrole nitrogens is 2. The molecule has 0 saturated carbocycles. The summed E-state index contributed by atoms with van der Waals surface area (Å²) in [4.78, 5) is 21.4. The number of aromatic amines is 2. The van der Waals surface area contributed by atoms with Gasteiger partial charge in [-0.05, 0) is 12.5 Å². The topological polar surface area (TPSA) is 99.3 Å². The second-order valence-corrected chi connectivity index (χ2v) is 4.66. The number of rotatable bonds is 5. The fraction of sp³-hybridized carbons (Fsp3) is 0.231. The second-order valence-electron chi connectivity index (χ2n) is 4.66. The first-order valence-corrected chi connectivity index (χ1v) is 6.60. The van der Waals surface area contributed by atoms with Crippen LogP contribution in [0.15, 0.2) is 23.3 Å². The highest BCUT2D eigenvalue weighted by Gasteiger charge is 2.09. The standard InChI is InChI=1S/C13H12F2N6O/c14-8-4-7-10(5-9(8)15)17-6-18-12(7)16-3-1-2-11-19-13(22)21-20-11/h4-6H,1-3H2,(H,16,17,18)(H2,19,20,21,22). The number of nitrogens with zero attached hydrogens (tertiary/aromatic N) is 3. The molecule has 1 aromatic carbocycles. The molecule has 114 valence electrons. The molecule has 0 radical (unpaired) electrons. The third kappa shape index (κ3) is 2.92. The molecule has 0 spiro atoms. The predicted octanol–water partition coefficient (Wildman–Crippen LogP) is 1.36. The molecule has 0 aliphatic carbocycles. The van der Waals surface area contributed by atoms with E-state index < -0.39 is 11.6 Å². The lowest BCUT2D eigenvalue weighted by atomic mass is 10.2. The van der Waals surface area contributed by atoms with Crippen LogP contribution in [0.4, 0.5) is 14.6 Å². The average molecular weight is 306 g/mol. The third-order valence-electron chi connectivity index (χ3n) is 3.11. The van der Waals surface area contributed by atoms with Gasteiger partial charge in [0.05, 0.1) is 5.52 Å². The zero-order valence-corrected chi connectivity index (χ0v) is 11.4. The lowest BCUT2D eigenvalue weighted by Gasteiger charge is -2.08. The summed E-state index contributed by atoms with van der Waals surface area (Å²) in [6.07, 6.45) is 2.53. The molecule has 0 aliphatic heterocycles. The lowest BCUT2D eigenvalue weighted by Crippen LogP contribution is -2.07. The van der Waals surface area contributed by atoms with Crippen molar-refractivity contribution in [1.82, 2.24) is 25.1 Å². The summed E-state index contributed by atoms with van der Waals surface area (Å²) in [5.74, 6) is -0.897. The SMILES string of the molecule is O=c1[nH]nc(CCCNc2ncnc3cc(F)c(F)cc23)[nH]1. The van der Waals surface area contributed by atoms with Gasteiger partial charge in [-0.2, -0.15) is 5.10 Å². The first kappa shape index (κ1) is 14.1. The van der Waals surface area contributed by atoms with Crippen LogP contribution in [0, 0.1) is 11.6 Å². The Balaban J connectivity index is 1.68. The molecule has 2 heterocycles. The van der Waals surface area contributed by atoms with Crippen molar-refractivity contribution in [2.24, 2.45) is 0 Å². The molecule has 3 N–H and O–H groups in total. The van der Waals surface area contributed by atoms with Crippen molar-refractivity contribution in [1.29, 1.82) is 0 Å².